The predicted molar refractivity (Wildman–Crippen MR) is 95.3 cm³/mol. The number of halogens is 4. The average Bonchev–Trinajstić information content (AvgIpc) is 2.87. The SMILES string of the molecule is O=C(c1cccnc1SC(F)(F)F)N1CCCN(c2ccc(F)cc2)CC1. The van der Waals surface area contributed by atoms with Crippen molar-refractivity contribution in [2.45, 2.75) is 17.0 Å². The maximum atomic E-state index is 13.1. The molecule has 0 saturated carbocycles. The first-order valence-electron chi connectivity index (χ1n) is 8.34. The zero-order valence-electron chi connectivity index (χ0n) is 14.2. The second-order valence-corrected chi connectivity index (χ2v) is 7.07. The minimum Gasteiger partial charge on any atom is -0.370 e. The Hall–Kier alpha value is -2.29. The molecule has 144 valence electrons. The van der Waals surface area contributed by atoms with Gasteiger partial charge in [-0.2, -0.15) is 13.2 Å². The van der Waals surface area contributed by atoms with Crippen molar-refractivity contribution in [3.8, 4) is 0 Å². The molecule has 1 saturated heterocycles. The maximum Gasteiger partial charge on any atom is 0.447 e. The lowest BCUT2D eigenvalue weighted by atomic mass is 10.2. The van der Waals surface area contributed by atoms with E-state index in [1.807, 2.05) is 4.90 Å². The molecule has 0 atom stereocenters. The van der Waals surface area contributed by atoms with E-state index in [0.29, 0.717) is 32.6 Å². The van der Waals surface area contributed by atoms with Gasteiger partial charge in [0.25, 0.3) is 5.91 Å². The lowest BCUT2D eigenvalue weighted by Crippen LogP contribution is -2.35. The molecular formula is C18H17F4N3OS. The highest BCUT2D eigenvalue weighted by atomic mass is 32.2. The molecule has 1 aromatic carbocycles. The number of hydrogen-bond acceptors (Lipinski definition) is 4. The summed E-state index contributed by atoms with van der Waals surface area (Å²) in [5.74, 6) is -0.785. The van der Waals surface area contributed by atoms with Gasteiger partial charge in [0.05, 0.1) is 5.56 Å². The van der Waals surface area contributed by atoms with Crippen LogP contribution in [0.4, 0.5) is 23.2 Å². The fourth-order valence-electron chi connectivity index (χ4n) is 2.95. The monoisotopic (exact) mass is 399 g/mol. The summed E-state index contributed by atoms with van der Waals surface area (Å²) in [5.41, 5.74) is -3.71. The number of anilines is 1. The zero-order valence-corrected chi connectivity index (χ0v) is 15.1. The van der Waals surface area contributed by atoms with Crippen molar-refractivity contribution < 1.29 is 22.4 Å². The van der Waals surface area contributed by atoms with Crippen LogP contribution in [0, 0.1) is 5.82 Å². The normalized spacial score (nSPS) is 15.6. The first-order valence-corrected chi connectivity index (χ1v) is 9.16. The summed E-state index contributed by atoms with van der Waals surface area (Å²) < 4.78 is 51.3. The number of carbonyl (C=O) groups excluding carboxylic acids is 1. The number of benzene rings is 1. The maximum absolute atomic E-state index is 13.1. The number of alkyl halides is 3. The van der Waals surface area contributed by atoms with E-state index in [0.717, 1.165) is 5.69 Å². The molecule has 0 N–H and O–H groups in total. The summed E-state index contributed by atoms with van der Waals surface area (Å²) in [5, 5.41) is -0.338. The lowest BCUT2D eigenvalue weighted by Gasteiger charge is -2.24. The van der Waals surface area contributed by atoms with Crippen LogP contribution in [0.3, 0.4) is 0 Å². The summed E-state index contributed by atoms with van der Waals surface area (Å²) in [6, 6.07) is 8.92. The average molecular weight is 399 g/mol. The smallest absolute Gasteiger partial charge is 0.370 e. The Morgan fingerprint density at radius 1 is 1.04 bits per heavy atom. The Morgan fingerprint density at radius 2 is 1.78 bits per heavy atom. The Kier molecular flexibility index (Phi) is 5.88. The highest BCUT2D eigenvalue weighted by molar-refractivity contribution is 8.00. The van der Waals surface area contributed by atoms with Crippen LogP contribution >= 0.6 is 11.8 Å². The van der Waals surface area contributed by atoms with Crippen molar-refractivity contribution in [3.05, 3.63) is 54.0 Å². The zero-order chi connectivity index (χ0) is 19.4. The van der Waals surface area contributed by atoms with Crippen LogP contribution in [0.1, 0.15) is 16.8 Å². The molecule has 27 heavy (non-hydrogen) atoms. The molecule has 9 heteroatoms. The van der Waals surface area contributed by atoms with E-state index in [2.05, 4.69) is 4.98 Å². The van der Waals surface area contributed by atoms with Gasteiger partial charge in [0.2, 0.25) is 0 Å². The van der Waals surface area contributed by atoms with Crippen LogP contribution < -0.4 is 4.90 Å². The van der Waals surface area contributed by atoms with Gasteiger partial charge >= 0.3 is 5.51 Å². The number of amides is 1. The number of hydrogen-bond donors (Lipinski definition) is 0. The first-order chi connectivity index (χ1) is 12.8. The summed E-state index contributed by atoms with van der Waals surface area (Å²) in [4.78, 5) is 20.1. The predicted octanol–water partition coefficient (Wildman–Crippen LogP) is 4.19. The minimum absolute atomic E-state index is 0.0462. The number of pyridine rings is 1. The van der Waals surface area contributed by atoms with E-state index in [-0.39, 0.29) is 28.2 Å². The van der Waals surface area contributed by atoms with Crippen molar-refractivity contribution in [3.63, 3.8) is 0 Å². The summed E-state index contributed by atoms with van der Waals surface area (Å²) in [6.07, 6.45) is 1.90. The lowest BCUT2D eigenvalue weighted by molar-refractivity contribution is -0.0329. The molecule has 1 amide bonds. The number of carbonyl (C=O) groups is 1. The van der Waals surface area contributed by atoms with Gasteiger partial charge in [0.1, 0.15) is 10.8 Å². The van der Waals surface area contributed by atoms with Crippen LogP contribution in [0.5, 0.6) is 0 Å². The minimum atomic E-state index is -4.51. The molecule has 1 fully saturated rings. The van der Waals surface area contributed by atoms with Crippen LogP contribution in [0.25, 0.3) is 0 Å². The first kappa shape index (κ1) is 19.5. The van der Waals surface area contributed by atoms with Crippen molar-refractivity contribution in [1.82, 2.24) is 9.88 Å². The number of aromatic nitrogens is 1. The Balaban J connectivity index is 1.72. The fourth-order valence-corrected chi connectivity index (χ4v) is 3.54. The van der Waals surface area contributed by atoms with E-state index >= 15 is 0 Å². The van der Waals surface area contributed by atoms with Gasteiger partial charge in [-0.3, -0.25) is 4.79 Å². The summed E-state index contributed by atoms with van der Waals surface area (Å²) >= 11 is -0.381. The standard InChI is InChI=1S/C18H17F4N3OS/c19-13-4-6-14(7-5-13)24-9-2-10-25(12-11-24)17(26)15-3-1-8-23-16(15)27-18(20,21)22/h1,3-8H,2,9-12H2. The van der Waals surface area contributed by atoms with Gasteiger partial charge < -0.3 is 9.80 Å². The molecular weight excluding hydrogens is 382 g/mol. The Morgan fingerprint density at radius 3 is 2.48 bits per heavy atom. The molecule has 2 heterocycles. The van der Waals surface area contributed by atoms with E-state index in [9.17, 15) is 22.4 Å². The Bertz CT molecular complexity index is 798. The van der Waals surface area contributed by atoms with Gasteiger partial charge in [-0.05, 0) is 42.8 Å². The highest BCUT2D eigenvalue weighted by Crippen LogP contribution is 2.37. The second kappa shape index (κ2) is 8.16. The van der Waals surface area contributed by atoms with Crippen molar-refractivity contribution in [2.75, 3.05) is 31.1 Å². The molecule has 0 bridgehead atoms. The van der Waals surface area contributed by atoms with Crippen LogP contribution in [0.15, 0.2) is 47.6 Å². The second-order valence-electron chi connectivity index (χ2n) is 6.01. The van der Waals surface area contributed by atoms with E-state index in [1.165, 1.54) is 30.5 Å². The van der Waals surface area contributed by atoms with Crippen LogP contribution in [-0.2, 0) is 0 Å². The van der Waals surface area contributed by atoms with Crippen LogP contribution in [0.2, 0.25) is 0 Å². The molecule has 0 radical (unpaired) electrons. The molecule has 4 nitrogen and oxygen atoms in total. The fraction of sp³-hybridized carbons (Fsp3) is 0.333. The van der Waals surface area contributed by atoms with Crippen molar-refractivity contribution in [2.24, 2.45) is 0 Å². The molecule has 2 aromatic rings. The molecule has 1 aliphatic heterocycles. The van der Waals surface area contributed by atoms with E-state index < -0.39 is 11.4 Å². The summed E-state index contributed by atoms with van der Waals surface area (Å²) in [7, 11) is 0. The largest absolute Gasteiger partial charge is 0.447 e. The molecule has 0 aliphatic carbocycles. The van der Waals surface area contributed by atoms with Crippen LogP contribution in [-0.4, -0.2) is 47.5 Å². The van der Waals surface area contributed by atoms with Gasteiger partial charge in [0.15, 0.2) is 0 Å². The topological polar surface area (TPSA) is 36.4 Å². The van der Waals surface area contributed by atoms with Gasteiger partial charge in [0, 0.05) is 49.8 Å². The number of thioether (sulfide) groups is 1. The summed E-state index contributed by atoms with van der Waals surface area (Å²) in [6.45, 7) is 1.98. The Labute approximate surface area is 158 Å². The van der Waals surface area contributed by atoms with Crippen molar-refractivity contribution >= 4 is 23.4 Å². The van der Waals surface area contributed by atoms with Gasteiger partial charge in [-0.25, -0.2) is 9.37 Å². The molecule has 0 unspecified atom stereocenters. The third-order valence-corrected chi connectivity index (χ3v) is 4.94. The number of rotatable bonds is 3. The molecule has 0 spiro atoms. The third-order valence-electron chi connectivity index (χ3n) is 4.19. The van der Waals surface area contributed by atoms with Gasteiger partial charge in [-0.1, -0.05) is 0 Å². The quantitative estimate of drug-likeness (QED) is 0.573. The van der Waals surface area contributed by atoms with E-state index in [1.54, 1.807) is 17.0 Å². The van der Waals surface area contributed by atoms with E-state index in [4.69, 9.17) is 0 Å². The molecule has 1 aromatic heterocycles. The highest BCUT2D eigenvalue weighted by Gasteiger charge is 2.33. The number of nitrogens with zero attached hydrogens (tertiary/aromatic N) is 3. The van der Waals surface area contributed by atoms with Crippen molar-refractivity contribution in [1.29, 1.82) is 0 Å². The molecule has 1 aliphatic rings. The third kappa shape index (κ3) is 5.12. The van der Waals surface area contributed by atoms with Gasteiger partial charge in [-0.15, -0.1) is 0 Å². The molecule has 3 rings (SSSR count).